The van der Waals surface area contributed by atoms with E-state index in [-0.39, 0.29) is 17.5 Å². The third kappa shape index (κ3) is 3.53. The van der Waals surface area contributed by atoms with Gasteiger partial charge in [-0.1, -0.05) is 17.8 Å². The first-order valence-electron chi connectivity index (χ1n) is 9.10. The van der Waals surface area contributed by atoms with Gasteiger partial charge >= 0.3 is 0 Å². The maximum Gasteiger partial charge on any atom is 0.236 e. The molecule has 150 valence electrons. The molecule has 7 nitrogen and oxygen atoms in total. The Hall–Kier alpha value is -3.64. The molecule has 0 saturated carbocycles. The second kappa shape index (κ2) is 8.00. The summed E-state index contributed by atoms with van der Waals surface area (Å²) in [5, 5.41) is 21.3. The Kier molecular flexibility index (Phi) is 5.25. The Morgan fingerprint density at radius 2 is 1.97 bits per heavy atom. The third-order valence-electron chi connectivity index (χ3n) is 4.78. The second-order valence-corrected chi connectivity index (χ2v) is 7.55. The lowest BCUT2D eigenvalue weighted by Gasteiger charge is -2.13. The normalized spacial score (nSPS) is 10.9. The number of nitrogens with one attached hydrogen (secondary N) is 1. The number of nitriles is 1. The lowest BCUT2D eigenvalue weighted by atomic mass is 10.2. The smallest absolute Gasteiger partial charge is 0.236 e. The molecule has 0 aliphatic heterocycles. The van der Waals surface area contributed by atoms with Crippen molar-refractivity contribution in [2.24, 2.45) is 0 Å². The lowest BCUT2D eigenvalue weighted by molar-refractivity contribution is -0.113. The molecule has 4 aromatic rings. The van der Waals surface area contributed by atoms with Crippen LogP contribution in [0.5, 0.6) is 0 Å². The SMILES string of the molecule is Cc1c(C#N)c(NC(=O)CSc2nnc3ccccn23)n(-c2ccc(F)cc2)c1C. The van der Waals surface area contributed by atoms with Gasteiger partial charge in [0.05, 0.1) is 11.3 Å². The molecule has 9 heteroatoms. The van der Waals surface area contributed by atoms with Crippen molar-refractivity contribution in [3.8, 4) is 11.8 Å². The number of pyridine rings is 1. The van der Waals surface area contributed by atoms with E-state index >= 15 is 0 Å². The number of thioether (sulfide) groups is 1. The number of rotatable bonds is 5. The number of benzene rings is 1. The lowest BCUT2D eigenvalue weighted by Crippen LogP contribution is -2.18. The number of carbonyl (C=O) groups is 1. The highest BCUT2D eigenvalue weighted by Crippen LogP contribution is 2.30. The minimum atomic E-state index is -0.358. The minimum absolute atomic E-state index is 0.0905. The first kappa shape index (κ1) is 19.7. The predicted octanol–water partition coefficient (Wildman–Crippen LogP) is 3.88. The molecule has 30 heavy (non-hydrogen) atoms. The maximum atomic E-state index is 13.4. The van der Waals surface area contributed by atoms with E-state index in [9.17, 15) is 14.4 Å². The number of halogens is 1. The van der Waals surface area contributed by atoms with E-state index in [2.05, 4.69) is 21.6 Å². The van der Waals surface area contributed by atoms with E-state index in [1.807, 2.05) is 38.2 Å². The van der Waals surface area contributed by atoms with Crippen molar-refractivity contribution in [2.45, 2.75) is 19.0 Å². The van der Waals surface area contributed by atoms with Gasteiger partial charge in [0.1, 0.15) is 17.7 Å². The summed E-state index contributed by atoms with van der Waals surface area (Å²) in [4.78, 5) is 12.7. The highest BCUT2D eigenvalue weighted by Gasteiger charge is 2.21. The van der Waals surface area contributed by atoms with E-state index in [0.717, 1.165) is 11.3 Å². The summed E-state index contributed by atoms with van der Waals surface area (Å²) in [5.41, 5.74) is 3.29. The van der Waals surface area contributed by atoms with Crippen LogP contribution in [-0.4, -0.2) is 30.8 Å². The summed E-state index contributed by atoms with van der Waals surface area (Å²) in [6, 6.07) is 13.6. The fourth-order valence-electron chi connectivity index (χ4n) is 3.19. The largest absolute Gasteiger partial charge is 0.310 e. The first-order valence-corrected chi connectivity index (χ1v) is 10.1. The zero-order chi connectivity index (χ0) is 21.3. The highest BCUT2D eigenvalue weighted by atomic mass is 32.2. The summed E-state index contributed by atoms with van der Waals surface area (Å²) in [7, 11) is 0. The molecule has 0 spiro atoms. The fraction of sp³-hybridized carbons (Fsp3) is 0.143. The standard InChI is InChI=1S/C21H17FN6OS/c1-13-14(2)28(16-8-6-15(22)7-9-16)20(17(13)11-23)24-19(29)12-30-21-26-25-18-5-3-4-10-27(18)21/h3-10H,12H2,1-2H3,(H,24,29). The molecule has 1 aromatic carbocycles. The molecule has 0 fully saturated rings. The Balaban J connectivity index is 1.60. The predicted molar refractivity (Wildman–Crippen MR) is 112 cm³/mol. The van der Waals surface area contributed by atoms with Gasteiger partial charge in [-0.05, 0) is 55.8 Å². The minimum Gasteiger partial charge on any atom is -0.310 e. The average Bonchev–Trinajstić information content (AvgIpc) is 3.26. The van der Waals surface area contributed by atoms with Crippen molar-refractivity contribution < 1.29 is 9.18 Å². The van der Waals surface area contributed by atoms with Crippen LogP contribution in [0.25, 0.3) is 11.3 Å². The van der Waals surface area contributed by atoms with E-state index in [1.54, 1.807) is 21.1 Å². The van der Waals surface area contributed by atoms with Crippen molar-refractivity contribution in [3.63, 3.8) is 0 Å². The molecule has 0 unspecified atom stereocenters. The van der Waals surface area contributed by atoms with Gasteiger partial charge in [-0.2, -0.15) is 5.26 Å². The van der Waals surface area contributed by atoms with Gasteiger partial charge in [0.15, 0.2) is 10.8 Å². The van der Waals surface area contributed by atoms with Crippen LogP contribution in [0.15, 0.2) is 53.8 Å². The number of carbonyl (C=O) groups excluding carboxylic acids is 1. The Morgan fingerprint density at radius 3 is 2.70 bits per heavy atom. The molecule has 3 heterocycles. The molecule has 4 rings (SSSR count). The fourth-order valence-corrected chi connectivity index (χ4v) is 3.91. The summed E-state index contributed by atoms with van der Waals surface area (Å²) < 4.78 is 16.9. The summed E-state index contributed by atoms with van der Waals surface area (Å²) >= 11 is 1.25. The molecular weight excluding hydrogens is 403 g/mol. The topological polar surface area (TPSA) is 88.0 Å². The number of nitrogens with zero attached hydrogens (tertiary/aromatic N) is 5. The van der Waals surface area contributed by atoms with Gasteiger partial charge in [0, 0.05) is 17.6 Å². The zero-order valence-corrected chi connectivity index (χ0v) is 17.1. The van der Waals surface area contributed by atoms with Gasteiger partial charge in [-0.3, -0.25) is 13.8 Å². The van der Waals surface area contributed by atoms with Gasteiger partial charge < -0.3 is 5.32 Å². The van der Waals surface area contributed by atoms with Crippen molar-refractivity contribution in [2.75, 3.05) is 11.1 Å². The Morgan fingerprint density at radius 1 is 1.20 bits per heavy atom. The van der Waals surface area contributed by atoms with Crippen LogP contribution < -0.4 is 5.32 Å². The van der Waals surface area contributed by atoms with Gasteiger partial charge in [0.2, 0.25) is 5.91 Å². The van der Waals surface area contributed by atoms with Crippen LogP contribution in [0.4, 0.5) is 10.2 Å². The molecule has 1 amide bonds. The maximum absolute atomic E-state index is 13.4. The molecule has 3 aromatic heterocycles. The Labute approximate surface area is 176 Å². The number of aromatic nitrogens is 4. The number of hydrogen-bond acceptors (Lipinski definition) is 5. The molecule has 0 aliphatic rings. The number of anilines is 1. The molecule has 0 radical (unpaired) electrons. The molecular formula is C21H17FN6OS. The summed E-state index contributed by atoms with van der Waals surface area (Å²) in [6.45, 7) is 3.67. The van der Waals surface area contributed by atoms with Gasteiger partial charge in [0.25, 0.3) is 0 Å². The van der Waals surface area contributed by atoms with Crippen molar-refractivity contribution >= 4 is 29.1 Å². The van der Waals surface area contributed by atoms with Crippen LogP contribution in [0.2, 0.25) is 0 Å². The quantitative estimate of drug-likeness (QED) is 0.495. The number of amides is 1. The van der Waals surface area contributed by atoms with E-state index < -0.39 is 0 Å². The van der Waals surface area contributed by atoms with Crippen LogP contribution in [0.3, 0.4) is 0 Å². The van der Waals surface area contributed by atoms with E-state index in [1.165, 1.54) is 23.9 Å². The van der Waals surface area contributed by atoms with Crippen molar-refractivity contribution in [1.29, 1.82) is 5.26 Å². The van der Waals surface area contributed by atoms with Gasteiger partial charge in [-0.25, -0.2) is 4.39 Å². The monoisotopic (exact) mass is 420 g/mol. The van der Waals surface area contributed by atoms with Crippen LogP contribution >= 0.6 is 11.8 Å². The van der Waals surface area contributed by atoms with Gasteiger partial charge in [-0.15, -0.1) is 10.2 Å². The molecule has 0 aliphatic carbocycles. The van der Waals surface area contributed by atoms with Crippen molar-refractivity contribution in [3.05, 3.63) is 71.3 Å². The second-order valence-electron chi connectivity index (χ2n) is 6.61. The molecule has 0 atom stereocenters. The summed E-state index contributed by atoms with van der Waals surface area (Å²) in [5.74, 6) is -0.183. The average molecular weight is 420 g/mol. The van der Waals surface area contributed by atoms with Crippen LogP contribution in [0, 0.1) is 31.0 Å². The van der Waals surface area contributed by atoms with Crippen LogP contribution in [-0.2, 0) is 4.79 Å². The zero-order valence-electron chi connectivity index (χ0n) is 16.3. The number of fused-ring (bicyclic) bond motifs is 1. The molecule has 0 bridgehead atoms. The Bertz CT molecular complexity index is 1290. The summed E-state index contributed by atoms with van der Waals surface area (Å²) in [6.07, 6.45) is 1.83. The van der Waals surface area contributed by atoms with Crippen molar-refractivity contribution in [1.82, 2.24) is 19.2 Å². The van der Waals surface area contributed by atoms with E-state index in [4.69, 9.17) is 0 Å². The van der Waals surface area contributed by atoms with Crippen LogP contribution in [0.1, 0.15) is 16.8 Å². The molecule has 1 N–H and O–H groups in total. The first-order chi connectivity index (χ1) is 14.5. The van der Waals surface area contributed by atoms with E-state index in [0.29, 0.717) is 27.9 Å². The highest BCUT2D eigenvalue weighted by molar-refractivity contribution is 7.99. The molecule has 0 saturated heterocycles. The third-order valence-corrected chi connectivity index (χ3v) is 5.73. The number of hydrogen-bond donors (Lipinski definition) is 1.